The van der Waals surface area contributed by atoms with Gasteiger partial charge in [-0.05, 0) is 120 Å². The smallest absolute Gasteiger partial charge is 0.0726 e. The minimum atomic E-state index is -0.509. The third kappa shape index (κ3) is 4.98. The van der Waals surface area contributed by atoms with E-state index >= 15 is 0 Å². The Kier molecular flexibility index (Phi) is 7.80. The fourth-order valence-corrected chi connectivity index (χ4v) is 10.4. The largest absolute Gasteiger partial charge is 0.310 e. The van der Waals surface area contributed by atoms with Crippen LogP contribution in [0.4, 0.5) is 17.1 Å². The van der Waals surface area contributed by atoms with Crippen molar-refractivity contribution in [3.05, 3.63) is 252 Å². The van der Waals surface area contributed by atoms with Crippen LogP contribution < -0.4 is 4.90 Å². The molecule has 0 radical (unpaired) electrons. The maximum absolute atomic E-state index is 4.60. The predicted octanol–water partition coefficient (Wildman–Crippen LogP) is 15.3. The molecule has 0 unspecified atom stereocenters. The molecular formula is C58H43N. The highest BCUT2D eigenvalue weighted by molar-refractivity contribution is 5.98. The summed E-state index contributed by atoms with van der Waals surface area (Å²) in [7, 11) is 0. The topological polar surface area (TPSA) is 3.24 Å². The fraction of sp³-hybridized carbons (Fsp3) is 0.0690. The summed E-state index contributed by atoms with van der Waals surface area (Å²) < 4.78 is 0. The molecule has 0 fully saturated rings. The van der Waals surface area contributed by atoms with Crippen LogP contribution in [0.15, 0.2) is 219 Å². The summed E-state index contributed by atoms with van der Waals surface area (Å²) in [5, 5.41) is 0. The second-order valence-corrected chi connectivity index (χ2v) is 16.6. The normalized spacial score (nSPS) is 15.4. The van der Waals surface area contributed by atoms with Crippen LogP contribution in [-0.2, 0) is 10.8 Å². The van der Waals surface area contributed by atoms with Gasteiger partial charge in [0.2, 0.25) is 0 Å². The summed E-state index contributed by atoms with van der Waals surface area (Å²) in [5.41, 5.74) is 22.6. The molecule has 8 aromatic carbocycles. The average Bonchev–Trinajstić information content (AvgIpc) is 3.82. The standard InChI is InChI=1S/C58H43N/c1-5-18-44-38(2)57(3,4)53-36-42(30-33-48(44)53)59(56-28-17-14-23-45(56)40-21-10-7-11-22-40)43-31-34-50-49-32-29-41(39-19-8-6-9-20-39)35-54(49)58(55(50)37-43)51-26-15-12-24-46(51)47-25-13-16-27-52(47)58/h5-37H,1-2H2,3-4H3/b44-18+. The molecule has 0 aliphatic heterocycles. The molecule has 0 bridgehead atoms. The van der Waals surface area contributed by atoms with Gasteiger partial charge in [0.25, 0.3) is 0 Å². The first kappa shape index (κ1) is 35.0. The number of rotatable bonds is 6. The van der Waals surface area contributed by atoms with Gasteiger partial charge in [-0.2, -0.15) is 0 Å². The van der Waals surface area contributed by atoms with Gasteiger partial charge in [0.05, 0.1) is 11.1 Å². The molecule has 1 nitrogen and oxygen atoms in total. The van der Waals surface area contributed by atoms with Gasteiger partial charge >= 0.3 is 0 Å². The maximum Gasteiger partial charge on any atom is 0.0726 e. The molecule has 1 spiro atoms. The summed E-state index contributed by atoms with van der Waals surface area (Å²) in [6, 6.07) is 69.9. The van der Waals surface area contributed by atoms with Crippen LogP contribution in [0.3, 0.4) is 0 Å². The number of allylic oxidation sites excluding steroid dienone is 4. The highest BCUT2D eigenvalue weighted by Gasteiger charge is 2.52. The second-order valence-electron chi connectivity index (χ2n) is 16.6. The van der Waals surface area contributed by atoms with E-state index in [0.29, 0.717) is 0 Å². The van der Waals surface area contributed by atoms with Crippen molar-refractivity contribution in [2.24, 2.45) is 0 Å². The quantitative estimate of drug-likeness (QED) is 0.163. The Morgan fingerprint density at radius 2 is 0.915 bits per heavy atom. The van der Waals surface area contributed by atoms with Crippen molar-refractivity contribution in [1.29, 1.82) is 0 Å². The van der Waals surface area contributed by atoms with E-state index in [9.17, 15) is 0 Å². The SMILES string of the molecule is C=C/C=C1\C(=C)C(C)(C)c2cc(N(c3ccc4c(c3)C3(c5ccccc5-c5ccccc53)c3cc(-c5ccccc5)ccc3-4)c3ccccc3-c3ccccc3)ccc21. The number of nitrogens with zero attached hydrogens (tertiary/aromatic N) is 1. The van der Waals surface area contributed by atoms with Gasteiger partial charge in [0.15, 0.2) is 0 Å². The molecule has 1 heteroatoms. The van der Waals surface area contributed by atoms with Crippen LogP contribution >= 0.6 is 0 Å². The van der Waals surface area contributed by atoms with Crippen LogP contribution in [0, 0.1) is 0 Å². The molecule has 0 aromatic heterocycles. The van der Waals surface area contributed by atoms with Crippen LogP contribution in [-0.4, -0.2) is 0 Å². The van der Waals surface area contributed by atoms with Crippen molar-refractivity contribution >= 4 is 22.6 Å². The Morgan fingerprint density at radius 3 is 1.56 bits per heavy atom. The van der Waals surface area contributed by atoms with Crippen LogP contribution in [0.1, 0.15) is 47.2 Å². The third-order valence-electron chi connectivity index (χ3n) is 13.3. The predicted molar refractivity (Wildman–Crippen MR) is 249 cm³/mol. The van der Waals surface area contributed by atoms with E-state index in [1.807, 2.05) is 6.08 Å². The molecule has 0 amide bonds. The van der Waals surface area contributed by atoms with Crippen molar-refractivity contribution in [2.45, 2.75) is 24.7 Å². The Morgan fingerprint density at radius 1 is 0.424 bits per heavy atom. The van der Waals surface area contributed by atoms with E-state index in [1.165, 1.54) is 77.9 Å². The first-order chi connectivity index (χ1) is 28.9. The van der Waals surface area contributed by atoms with Crippen molar-refractivity contribution < 1.29 is 0 Å². The van der Waals surface area contributed by atoms with E-state index in [4.69, 9.17) is 0 Å². The lowest BCUT2D eigenvalue weighted by molar-refractivity contribution is 0.663. The van der Waals surface area contributed by atoms with Gasteiger partial charge in [0.1, 0.15) is 0 Å². The molecule has 3 aliphatic carbocycles. The molecule has 59 heavy (non-hydrogen) atoms. The van der Waals surface area contributed by atoms with Crippen molar-refractivity contribution in [2.75, 3.05) is 4.90 Å². The molecule has 11 rings (SSSR count). The zero-order valence-corrected chi connectivity index (χ0v) is 33.4. The summed E-state index contributed by atoms with van der Waals surface area (Å²) in [5.74, 6) is 0. The van der Waals surface area contributed by atoms with Crippen LogP contribution in [0.5, 0.6) is 0 Å². The fourth-order valence-electron chi connectivity index (χ4n) is 10.4. The zero-order chi connectivity index (χ0) is 39.9. The zero-order valence-electron chi connectivity index (χ0n) is 33.4. The number of benzene rings is 8. The van der Waals surface area contributed by atoms with Crippen molar-refractivity contribution in [3.8, 4) is 44.5 Å². The molecule has 0 N–H and O–H groups in total. The van der Waals surface area contributed by atoms with Gasteiger partial charge in [-0.1, -0.05) is 191 Å². The Bertz CT molecular complexity index is 3010. The van der Waals surface area contributed by atoms with E-state index in [1.54, 1.807) is 0 Å². The highest BCUT2D eigenvalue weighted by Crippen LogP contribution is 2.64. The molecule has 280 valence electrons. The van der Waals surface area contributed by atoms with E-state index < -0.39 is 5.41 Å². The van der Waals surface area contributed by atoms with Gasteiger partial charge in [-0.15, -0.1) is 0 Å². The van der Waals surface area contributed by atoms with Gasteiger partial charge < -0.3 is 4.90 Å². The lowest BCUT2D eigenvalue weighted by Crippen LogP contribution is -2.26. The number of para-hydroxylation sites is 1. The number of hydrogen-bond acceptors (Lipinski definition) is 1. The lowest BCUT2D eigenvalue weighted by Gasteiger charge is -2.33. The highest BCUT2D eigenvalue weighted by atomic mass is 15.1. The van der Waals surface area contributed by atoms with Gasteiger partial charge in [0, 0.05) is 22.4 Å². The van der Waals surface area contributed by atoms with Gasteiger partial charge in [-0.25, -0.2) is 0 Å². The molecule has 0 saturated heterocycles. The maximum atomic E-state index is 4.60. The van der Waals surface area contributed by atoms with Crippen molar-refractivity contribution in [3.63, 3.8) is 0 Å². The van der Waals surface area contributed by atoms with Gasteiger partial charge in [-0.3, -0.25) is 0 Å². The Balaban J connectivity index is 1.20. The van der Waals surface area contributed by atoms with Crippen LogP contribution in [0.25, 0.3) is 50.1 Å². The Labute approximate surface area is 347 Å². The van der Waals surface area contributed by atoms with E-state index in [0.717, 1.165) is 28.2 Å². The molecular weight excluding hydrogens is 711 g/mol. The average molecular weight is 754 g/mol. The van der Waals surface area contributed by atoms with Crippen LogP contribution in [0.2, 0.25) is 0 Å². The first-order valence-electron chi connectivity index (χ1n) is 20.6. The summed E-state index contributed by atoms with van der Waals surface area (Å²) in [4.78, 5) is 2.48. The summed E-state index contributed by atoms with van der Waals surface area (Å²) in [6.07, 6.45) is 3.98. The molecule has 3 aliphatic rings. The number of anilines is 3. The minimum Gasteiger partial charge on any atom is -0.310 e. The number of fused-ring (bicyclic) bond motifs is 11. The molecule has 0 heterocycles. The van der Waals surface area contributed by atoms with E-state index in [2.05, 4.69) is 226 Å². The summed E-state index contributed by atoms with van der Waals surface area (Å²) >= 11 is 0. The monoisotopic (exact) mass is 753 g/mol. The minimum absolute atomic E-state index is 0.248. The number of hydrogen-bond donors (Lipinski definition) is 0. The summed E-state index contributed by atoms with van der Waals surface area (Å²) in [6.45, 7) is 13.2. The molecule has 8 aromatic rings. The first-order valence-corrected chi connectivity index (χ1v) is 20.6. The Hall–Kier alpha value is -7.22. The third-order valence-corrected chi connectivity index (χ3v) is 13.3. The second kappa shape index (κ2) is 13.2. The lowest BCUT2D eigenvalue weighted by atomic mass is 9.70. The molecule has 0 atom stereocenters. The molecule has 0 saturated carbocycles. The van der Waals surface area contributed by atoms with E-state index in [-0.39, 0.29) is 5.41 Å². The van der Waals surface area contributed by atoms with Crippen molar-refractivity contribution in [1.82, 2.24) is 0 Å².